The third-order valence-corrected chi connectivity index (χ3v) is 8.07. The molecule has 0 saturated heterocycles. The van der Waals surface area contributed by atoms with Crippen LogP contribution in [0.25, 0.3) is 11.1 Å². The second-order valence-corrected chi connectivity index (χ2v) is 11.1. The van der Waals surface area contributed by atoms with E-state index >= 15 is 0 Å². The molecule has 9 heteroatoms. The summed E-state index contributed by atoms with van der Waals surface area (Å²) in [5.41, 5.74) is 6.96. The number of amides is 2. The monoisotopic (exact) mass is 538 g/mol. The number of primary amides is 1. The van der Waals surface area contributed by atoms with Gasteiger partial charge in [0.05, 0.1) is 30.7 Å². The lowest BCUT2D eigenvalue weighted by molar-refractivity contribution is -0.171. The fourth-order valence-electron chi connectivity index (χ4n) is 5.54. The Hall–Kier alpha value is -3.35. The maximum Gasteiger partial charge on any atom is 0.258 e. The smallest absolute Gasteiger partial charge is 0.258 e. The van der Waals surface area contributed by atoms with Gasteiger partial charge in [-0.3, -0.25) is 19.3 Å². The molecule has 0 aromatic heterocycles. The van der Waals surface area contributed by atoms with E-state index in [1.165, 1.54) is 17.1 Å². The van der Waals surface area contributed by atoms with Gasteiger partial charge in [-0.2, -0.15) is 5.26 Å². The molecule has 208 valence electrons. The minimum absolute atomic E-state index is 0.0307. The average Bonchev–Trinajstić information content (AvgIpc) is 3.85. The number of benzene rings is 2. The first-order chi connectivity index (χ1) is 18.5. The molecule has 0 radical (unpaired) electrons. The molecule has 0 bridgehead atoms. The van der Waals surface area contributed by atoms with Gasteiger partial charge in [0.2, 0.25) is 5.91 Å². The summed E-state index contributed by atoms with van der Waals surface area (Å²) in [6, 6.07) is 14.3. The van der Waals surface area contributed by atoms with E-state index in [0.717, 1.165) is 29.5 Å². The summed E-state index contributed by atoms with van der Waals surface area (Å²) in [6.45, 7) is 3.79. The van der Waals surface area contributed by atoms with Crippen molar-refractivity contribution < 1.29 is 23.2 Å². The summed E-state index contributed by atoms with van der Waals surface area (Å²) in [4.78, 5) is 31.7. The van der Waals surface area contributed by atoms with E-state index in [9.17, 15) is 23.6 Å². The largest absolute Gasteiger partial charge is 0.368 e. The molecule has 0 unspecified atom stereocenters. The summed E-state index contributed by atoms with van der Waals surface area (Å²) >= 11 is 0. The van der Waals surface area contributed by atoms with Gasteiger partial charge in [-0.15, -0.1) is 0 Å². The van der Waals surface area contributed by atoms with Crippen molar-refractivity contribution in [1.82, 2.24) is 9.96 Å². The quantitative estimate of drug-likeness (QED) is 0.385. The third kappa shape index (κ3) is 5.54. The molecule has 2 N–H and O–H groups in total. The minimum Gasteiger partial charge on any atom is -0.368 e. The number of hydrogen-bond donors (Lipinski definition) is 1. The van der Waals surface area contributed by atoms with Crippen LogP contribution in [-0.2, 0) is 19.8 Å². The van der Waals surface area contributed by atoms with Crippen LogP contribution in [0, 0.1) is 17.2 Å². The number of hydroxylamine groups is 2. The van der Waals surface area contributed by atoms with Crippen LogP contribution in [0.15, 0.2) is 48.5 Å². The number of likely N-dealkylation sites (N-methyl/N-ethyl adjacent to an activating group) is 1. The lowest BCUT2D eigenvalue weighted by atomic mass is 9.91. The lowest BCUT2D eigenvalue weighted by Crippen LogP contribution is -2.54. The molecule has 2 aliphatic rings. The van der Waals surface area contributed by atoms with Crippen molar-refractivity contribution in [2.24, 2.45) is 11.7 Å². The Balaban J connectivity index is 1.62. The normalized spacial score (nSPS) is 18.5. The van der Waals surface area contributed by atoms with Crippen molar-refractivity contribution in [2.45, 2.75) is 75.4 Å². The van der Waals surface area contributed by atoms with Gasteiger partial charge < -0.3 is 5.73 Å². The maximum atomic E-state index is 14.7. The highest BCUT2D eigenvalue weighted by atomic mass is 19.3. The summed E-state index contributed by atoms with van der Waals surface area (Å²) in [5.74, 6) is -0.749. The van der Waals surface area contributed by atoms with Gasteiger partial charge in [-0.05, 0) is 60.3 Å². The van der Waals surface area contributed by atoms with Crippen LogP contribution in [0.4, 0.5) is 8.78 Å². The molecular weight excluding hydrogens is 502 g/mol. The van der Waals surface area contributed by atoms with Crippen molar-refractivity contribution in [3.63, 3.8) is 0 Å². The van der Waals surface area contributed by atoms with E-state index in [0.29, 0.717) is 18.4 Å². The van der Waals surface area contributed by atoms with Crippen LogP contribution < -0.4 is 5.73 Å². The zero-order chi connectivity index (χ0) is 28.5. The molecule has 7 nitrogen and oxygen atoms in total. The molecule has 2 aliphatic carbocycles. The van der Waals surface area contributed by atoms with Crippen LogP contribution in [0.2, 0.25) is 0 Å². The van der Waals surface area contributed by atoms with Crippen molar-refractivity contribution >= 4 is 11.8 Å². The second-order valence-electron chi connectivity index (χ2n) is 11.1. The molecule has 2 amide bonds. The molecule has 2 aromatic rings. The van der Waals surface area contributed by atoms with Crippen LogP contribution in [-0.4, -0.2) is 53.9 Å². The number of carbonyl (C=O) groups is 2. The lowest BCUT2D eigenvalue weighted by Gasteiger charge is -2.40. The van der Waals surface area contributed by atoms with Gasteiger partial charge in [0.1, 0.15) is 5.54 Å². The van der Waals surface area contributed by atoms with Crippen LogP contribution in [0.3, 0.4) is 0 Å². The van der Waals surface area contributed by atoms with Crippen molar-refractivity contribution in [3.05, 3.63) is 59.7 Å². The standard InChI is InChI=1S/C30H36F2N4O3/c1-19(2)17-24(27(34)37)36(29(18-33)13-14-29)25(26(31)32)22-7-5-20(6-8-22)21-9-11-23(12-10-21)30(15-16-30)28(38)35(3)39-4/h5-12,19,24-26H,13-17H2,1-4H3,(H2,34,37)/t24-,25-/m0/s1. The van der Waals surface area contributed by atoms with E-state index in [2.05, 4.69) is 6.07 Å². The zero-order valence-corrected chi connectivity index (χ0v) is 22.9. The topological polar surface area (TPSA) is 99.7 Å². The molecule has 39 heavy (non-hydrogen) atoms. The first-order valence-corrected chi connectivity index (χ1v) is 13.3. The number of rotatable bonds is 12. The van der Waals surface area contributed by atoms with E-state index in [1.807, 2.05) is 38.1 Å². The predicted molar refractivity (Wildman–Crippen MR) is 143 cm³/mol. The highest BCUT2D eigenvalue weighted by Crippen LogP contribution is 2.50. The molecule has 2 aromatic carbocycles. The Bertz CT molecular complexity index is 1230. The molecule has 2 fully saturated rings. The first-order valence-electron chi connectivity index (χ1n) is 13.3. The summed E-state index contributed by atoms with van der Waals surface area (Å²) in [7, 11) is 3.06. The van der Waals surface area contributed by atoms with Gasteiger partial charge in [-0.1, -0.05) is 62.4 Å². The Labute approximate surface area is 228 Å². The summed E-state index contributed by atoms with van der Waals surface area (Å²) < 4.78 is 29.4. The summed E-state index contributed by atoms with van der Waals surface area (Å²) in [5, 5.41) is 11.2. The molecule has 2 saturated carbocycles. The number of carbonyl (C=O) groups excluding carboxylic acids is 2. The number of alkyl halides is 2. The maximum absolute atomic E-state index is 14.7. The highest BCUT2D eigenvalue weighted by Gasteiger charge is 2.57. The Morgan fingerprint density at radius 3 is 1.95 bits per heavy atom. The number of nitrogens with zero attached hydrogens (tertiary/aromatic N) is 3. The fraction of sp³-hybridized carbons (Fsp3) is 0.500. The van der Waals surface area contributed by atoms with Gasteiger partial charge >= 0.3 is 0 Å². The Morgan fingerprint density at radius 2 is 1.56 bits per heavy atom. The Morgan fingerprint density at radius 1 is 1.03 bits per heavy atom. The SMILES string of the molecule is CON(C)C(=O)C1(c2ccc(-c3ccc([C@@H](C(F)F)N([C@@H](CC(C)C)C(N)=O)C4(C#N)CC4)cc3)cc2)CC1. The summed E-state index contributed by atoms with van der Waals surface area (Å²) in [6.07, 6.45) is -0.186. The van der Waals surface area contributed by atoms with E-state index in [4.69, 9.17) is 10.6 Å². The first kappa shape index (κ1) is 28.7. The molecule has 0 heterocycles. The molecule has 0 aliphatic heterocycles. The predicted octanol–water partition coefficient (Wildman–Crippen LogP) is 4.97. The highest BCUT2D eigenvalue weighted by molar-refractivity contribution is 5.90. The number of halogens is 2. The molecule has 4 rings (SSSR count). The minimum atomic E-state index is -2.83. The van der Waals surface area contributed by atoms with Crippen molar-refractivity contribution in [2.75, 3.05) is 14.2 Å². The number of nitriles is 1. The van der Waals surface area contributed by atoms with Crippen molar-refractivity contribution in [3.8, 4) is 17.2 Å². The second kappa shape index (κ2) is 11.0. The molecule has 0 spiro atoms. The number of hydrogen-bond acceptors (Lipinski definition) is 5. The van der Waals surface area contributed by atoms with Crippen LogP contribution in [0.1, 0.15) is 63.1 Å². The van der Waals surface area contributed by atoms with Crippen LogP contribution >= 0.6 is 0 Å². The molecular formula is C30H36F2N4O3. The molecule has 2 atom stereocenters. The van der Waals surface area contributed by atoms with E-state index in [1.54, 1.807) is 31.3 Å². The van der Waals surface area contributed by atoms with Crippen molar-refractivity contribution in [1.29, 1.82) is 5.26 Å². The van der Waals surface area contributed by atoms with Gasteiger partial charge in [0, 0.05) is 7.05 Å². The van der Waals surface area contributed by atoms with Gasteiger partial charge in [0.25, 0.3) is 12.3 Å². The number of nitrogens with two attached hydrogens (primary N) is 1. The third-order valence-electron chi connectivity index (χ3n) is 8.07. The van der Waals surface area contributed by atoms with E-state index in [-0.39, 0.29) is 18.2 Å². The average molecular weight is 539 g/mol. The van der Waals surface area contributed by atoms with Crippen LogP contribution in [0.5, 0.6) is 0 Å². The van der Waals surface area contributed by atoms with Gasteiger partial charge in [-0.25, -0.2) is 13.8 Å². The fourth-order valence-corrected chi connectivity index (χ4v) is 5.54. The zero-order valence-electron chi connectivity index (χ0n) is 22.9. The Kier molecular flexibility index (Phi) is 8.10. The van der Waals surface area contributed by atoms with E-state index < -0.39 is 35.4 Å². The van der Waals surface area contributed by atoms with Gasteiger partial charge in [0.15, 0.2) is 0 Å².